The first-order chi connectivity index (χ1) is 5.36. The van der Waals surface area contributed by atoms with E-state index in [-0.39, 0.29) is 0 Å². The van der Waals surface area contributed by atoms with Crippen LogP contribution in [0.15, 0.2) is 0 Å². The first-order valence-corrected chi connectivity index (χ1v) is 4.46. The molecule has 1 unspecified atom stereocenters. The number of rotatable bonds is 3. The summed E-state index contributed by atoms with van der Waals surface area (Å²) in [5, 5.41) is 8.47. The summed E-state index contributed by atoms with van der Waals surface area (Å²) in [7, 11) is 0. The topological polar surface area (TPSA) is 27.0 Å². The molecule has 1 heterocycles. The molecule has 0 aromatic heterocycles. The molecule has 1 aliphatic rings. The van der Waals surface area contributed by atoms with Gasteiger partial charge in [-0.1, -0.05) is 6.92 Å². The van der Waals surface area contributed by atoms with E-state index in [9.17, 15) is 0 Å². The van der Waals surface area contributed by atoms with Gasteiger partial charge < -0.3 is 4.90 Å². The van der Waals surface area contributed by atoms with E-state index in [0.717, 1.165) is 13.0 Å². The van der Waals surface area contributed by atoms with Crippen LogP contribution < -0.4 is 0 Å². The first kappa shape index (κ1) is 8.55. The minimum atomic E-state index is 0.659. The minimum absolute atomic E-state index is 0.659. The van der Waals surface area contributed by atoms with Gasteiger partial charge in [-0.2, -0.15) is 5.26 Å². The van der Waals surface area contributed by atoms with Crippen molar-refractivity contribution in [1.82, 2.24) is 4.90 Å². The Hall–Kier alpha value is -0.550. The predicted molar refractivity (Wildman–Crippen MR) is 45.1 cm³/mol. The fraction of sp³-hybridized carbons (Fsp3) is 0.889. The average Bonchev–Trinajstić information content (AvgIpc) is 2.38. The third-order valence-corrected chi connectivity index (χ3v) is 2.29. The van der Waals surface area contributed by atoms with E-state index in [1.807, 2.05) is 0 Å². The van der Waals surface area contributed by atoms with Gasteiger partial charge in [0.1, 0.15) is 0 Å². The van der Waals surface area contributed by atoms with Crippen molar-refractivity contribution in [3.63, 3.8) is 0 Å². The van der Waals surface area contributed by atoms with Gasteiger partial charge in [-0.05, 0) is 31.8 Å². The monoisotopic (exact) mass is 152 g/mol. The maximum atomic E-state index is 8.47. The van der Waals surface area contributed by atoms with E-state index in [2.05, 4.69) is 17.9 Å². The van der Waals surface area contributed by atoms with Crippen molar-refractivity contribution in [1.29, 1.82) is 5.26 Å². The molecule has 0 spiro atoms. The Morgan fingerprint density at radius 1 is 1.64 bits per heavy atom. The molecule has 0 radical (unpaired) electrons. The maximum absolute atomic E-state index is 8.47. The molecule has 0 saturated carbocycles. The van der Waals surface area contributed by atoms with E-state index in [4.69, 9.17) is 5.26 Å². The van der Waals surface area contributed by atoms with Crippen molar-refractivity contribution >= 4 is 0 Å². The molecule has 1 atom stereocenters. The molecule has 1 rings (SSSR count). The lowest BCUT2D eigenvalue weighted by Gasteiger charge is -2.12. The molecule has 0 bridgehead atoms. The number of likely N-dealkylation sites (tertiary alicyclic amines) is 1. The summed E-state index contributed by atoms with van der Waals surface area (Å²) in [5.41, 5.74) is 0. The minimum Gasteiger partial charge on any atom is -0.303 e. The van der Waals surface area contributed by atoms with Crippen LogP contribution >= 0.6 is 0 Å². The maximum Gasteiger partial charge on any atom is 0.0625 e. The van der Waals surface area contributed by atoms with Crippen LogP contribution in [0, 0.1) is 17.2 Å². The van der Waals surface area contributed by atoms with E-state index in [0.29, 0.717) is 5.92 Å². The molecule has 62 valence electrons. The number of hydrogen-bond donors (Lipinski definition) is 0. The Labute approximate surface area is 68.8 Å². The van der Waals surface area contributed by atoms with E-state index in [1.54, 1.807) is 0 Å². The summed E-state index contributed by atoms with van der Waals surface area (Å²) >= 11 is 0. The third kappa shape index (κ3) is 2.51. The highest BCUT2D eigenvalue weighted by Crippen LogP contribution is 2.18. The summed E-state index contributed by atoms with van der Waals surface area (Å²) in [6.07, 6.45) is 3.22. The average molecular weight is 152 g/mol. The standard InChI is InChI=1S/C9H16N2/c1-2-6-11-7-4-9(8-11)3-5-10/h9H,2-4,6-8H2,1H3. The van der Waals surface area contributed by atoms with Gasteiger partial charge in [0.25, 0.3) is 0 Å². The summed E-state index contributed by atoms with van der Waals surface area (Å²) < 4.78 is 0. The molecule has 0 aliphatic carbocycles. The molecular weight excluding hydrogens is 136 g/mol. The highest BCUT2D eigenvalue weighted by atomic mass is 15.1. The fourth-order valence-corrected chi connectivity index (χ4v) is 1.73. The molecule has 0 N–H and O–H groups in total. The summed E-state index contributed by atoms with van der Waals surface area (Å²) in [6, 6.07) is 2.25. The second-order valence-electron chi connectivity index (χ2n) is 3.32. The largest absolute Gasteiger partial charge is 0.303 e. The third-order valence-electron chi connectivity index (χ3n) is 2.29. The number of nitriles is 1. The van der Waals surface area contributed by atoms with E-state index < -0.39 is 0 Å². The second-order valence-corrected chi connectivity index (χ2v) is 3.32. The number of hydrogen-bond acceptors (Lipinski definition) is 2. The molecule has 11 heavy (non-hydrogen) atoms. The van der Waals surface area contributed by atoms with Gasteiger partial charge in [-0.25, -0.2) is 0 Å². The van der Waals surface area contributed by atoms with Crippen LogP contribution in [-0.2, 0) is 0 Å². The van der Waals surface area contributed by atoms with Crippen LogP contribution in [0.4, 0.5) is 0 Å². The van der Waals surface area contributed by atoms with Crippen molar-refractivity contribution < 1.29 is 0 Å². The van der Waals surface area contributed by atoms with Crippen molar-refractivity contribution in [3.8, 4) is 6.07 Å². The zero-order valence-corrected chi connectivity index (χ0v) is 7.21. The van der Waals surface area contributed by atoms with E-state index >= 15 is 0 Å². The quantitative estimate of drug-likeness (QED) is 0.614. The zero-order chi connectivity index (χ0) is 8.10. The molecule has 0 amide bonds. The summed E-state index contributed by atoms with van der Waals surface area (Å²) in [5.74, 6) is 0.659. The van der Waals surface area contributed by atoms with Gasteiger partial charge in [0.15, 0.2) is 0 Å². The van der Waals surface area contributed by atoms with Crippen LogP contribution in [-0.4, -0.2) is 24.5 Å². The Balaban J connectivity index is 2.19. The van der Waals surface area contributed by atoms with Crippen LogP contribution in [0.2, 0.25) is 0 Å². The van der Waals surface area contributed by atoms with Gasteiger partial charge in [0.05, 0.1) is 6.07 Å². The van der Waals surface area contributed by atoms with Crippen molar-refractivity contribution in [3.05, 3.63) is 0 Å². The fourth-order valence-electron chi connectivity index (χ4n) is 1.73. The van der Waals surface area contributed by atoms with Gasteiger partial charge in [0.2, 0.25) is 0 Å². The Bertz CT molecular complexity index is 148. The molecular formula is C9H16N2. The Morgan fingerprint density at radius 2 is 2.45 bits per heavy atom. The molecule has 1 aliphatic heterocycles. The molecule has 1 fully saturated rings. The lowest BCUT2D eigenvalue weighted by Crippen LogP contribution is -2.21. The second kappa shape index (κ2) is 4.35. The summed E-state index contributed by atoms with van der Waals surface area (Å²) in [6.45, 7) is 5.78. The zero-order valence-electron chi connectivity index (χ0n) is 7.21. The van der Waals surface area contributed by atoms with Crippen LogP contribution in [0.5, 0.6) is 0 Å². The van der Waals surface area contributed by atoms with Crippen LogP contribution in [0.1, 0.15) is 26.2 Å². The molecule has 2 nitrogen and oxygen atoms in total. The Kier molecular flexibility index (Phi) is 3.38. The Morgan fingerprint density at radius 3 is 3.09 bits per heavy atom. The number of nitrogens with zero attached hydrogens (tertiary/aromatic N) is 2. The van der Waals surface area contributed by atoms with Crippen LogP contribution in [0.3, 0.4) is 0 Å². The van der Waals surface area contributed by atoms with Gasteiger partial charge >= 0.3 is 0 Å². The highest BCUT2D eigenvalue weighted by Gasteiger charge is 2.20. The molecule has 1 saturated heterocycles. The van der Waals surface area contributed by atoms with Crippen molar-refractivity contribution in [2.75, 3.05) is 19.6 Å². The molecule has 0 aromatic carbocycles. The first-order valence-electron chi connectivity index (χ1n) is 4.46. The highest BCUT2D eigenvalue weighted by molar-refractivity contribution is 4.83. The summed E-state index contributed by atoms with van der Waals surface area (Å²) in [4.78, 5) is 2.46. The lowest BCUT2D eigenvalue weighted by molar-refractivity contribution is 0.326. The van der Waals surface area contributed by atoms with Crippen LogP contribution in [0.25, 0.3) is 0 Å². The van der Waals surface area contributed by atoms with Gasteiger partial charge in [0, 0.05) is 13.0 Å². The van der Waals surface area contributed by atoms with E-state index in [1.165, 1.54) is 25.9 Å². The normalized spacial score (nSPS) is 25.3. The molecule has 2 heteroatoms. The van der Waals surface area contributed by atoms with Crippen molar-refractivity contribution in [2.24, 2.45) is 5.92 Å². The lowest BCUT2D eigenvalue weighted by atomic mass is 10.1. The van der Waals surface area contributed by atoms with Gasteiger partial charge in [-0.3, -0.25) is 0 Å². The SMILES string of the molecule is CCCN1CCC(CC#N)C1. The molecule has 0 aromatic rings. The van der Waals surface area contributed by atoms with Crippen molar-refractivity contribution in [2.45, 2.75) is 26.2 Å². The smallest absolute Gasteiger partial charge is 0.0625 e. The van der Waals surface area contributed by atoms with Gasteiger partial charge in [-0.15, -0.1) is 0 Å². The predicted octanol–water partition coefficient (Wildman–Crippen LogP) is 1.63.